The molecule has 0 bridgehead atoms. The topological polar surface area (TPSA) is 85.3 Å². The molecule has 1 N–H and O–H groups in total. The summed E-state index contributed by atoms with van der Waals surface area (Å²) in [5.74, 6) is 0.465. The molecule has 3 heterocycles. The van der Waals surface area contributed by atoms with Crippen molar-refractivity contribution in [2.45, 2.75) is 13.3 Å². The second-order valence-corrected chi connectivity index (χ2v) is 5.20. The first-order valence-electron chi connectivity index (χ1n) is 7.16. The van der Waals surface area contributed by atoms with E-state index < -0.39 is 0 Å². The van der Waals surface area contributed by atoms with Gasteiger partial charge >= 0.3 is 0 Å². The number of anilines is 1. The largest absolute Gasteiger partial charge is 0.356 e. The van der Waals surface area contributed by atoms with Crippen LogP contribution in [0.25, 0.3) is 16.6 Å². The quantitative estimate of drug-likeness (QED) is 0.628. The molecule has 0 aliphatic carbocycles. The second kappa shape index (κ2) is 5.20. The molecule has 0 saturated carbocycles. The number of carbonyl (C=O) groups excluding carboxylic acids is 1. The number of aromatic nitrogens is 4. The van der Waals surface area contributed by atoms with Gasteiger partial charge in [-0.05, 0) is 31.2 Å². The van der Waals surface area contributed by atoms with Crippen LogP contribution in [0.15, 0.2) is 47.1 Å². The van der Waals surface area contributed by atoms with E-state index >= 15 is 0 Å². The molecule has 1 aromatic carbocycles. The highest BCUT2D eigenvalue weighted by molar-refractivity contribution is 5.97. The summed E-state index contributed by atoms with van der Waals surface area (Å²) in [6.07, 6.45) is 1.92. The first kappa shape index (κ1) is 13.4. The fourth-order valence-corrected chi connectivity index (χ4v) is 2.52. The van der Waals surface area contributed by atoms with Crippen LogP contribution in [0.3, 0.4) is 0 Å². The van der Waals surface area contributed by atoms with Gasteiger partial charge in [-0.1, -0.05) is 17.3 Å². The third-order valence-electron chi connectivity index (χ3n) is 3.52. The van der Waals surface area contributed by atoms with Gasteiger partial charge < -0.3 is 9.84 Å². The van der Waals surface area contributed by atoms with Gasteiger partial charge in [0.2, 0.25) is 5.91 Å². The Morgan fingerprint density at radius 1 is 1.26 bits per heavy atom. The van der Waals surface area contributed by atoms with E-state index in [9.17, 15) is 4.79 Å². The van der Waals surface area contributed by atoms with Crippen LogP contribution in [0.1, 0.15) is 11.5 Å². The predicted octanol–water partition coefficient (Wildman–Crippen LogP) is 2.36. The van der Waals surface area contributed by atoms with Crippen LogP contribution in [-0.4, -0.2) is 25.7 Å². The van der Waals surface area contributed by atoms with Crippen LogP contribution in [0.2, 0.25) is 0 Å². The van der Waals surface area contributed by atoms with E-state index in [-0.39, 0.29) is 12.3 Å². The number of amides is 1. The normalized spacial score (nSPS) is 11.2. The molecule has 7 heteroatoms. The molecule has 0 radical (unpaired) electrons. The van der Waals surface area contributed by atoms with Crippen molar-refractivity contribution >= 4 is 28.2 Å². The molecule has 0 spiro atoms. The zero-order chi connectivity index (χ0) is 15.8. The summed E-state index contributed by atoms with van der Waals surface area (Å²) < 4.78 is 6.85. The van der Waals surface area contributed by atoms with Gasteiger partial charge in [0.1, 0.15) is 11.5 Å². The monoisotopic (exact) mass is 307 g/mol. The van der Waals surface area contributed by atoms with E-state index in [1.54, 1.807) is 23.7 Å². The average Bonchev–Trinajstić information content (AvgIpc) is 3.11. The minimum atomic E-state index is -0.183. The Morgan fingerprint density at radius 2 is 2.13 bits per heavy atom. The number of nitrogens with zero attached hydrogens (tertiary/aromatic N) is 4. The minimum absolute atomic E-state index is 0.130. The zero-order valence-electron chi connectivity index (χ0n) is 12.4. The molecule has 4 rings (SSSR count). The Bertz CT molecular complexity index is 1020. The molecular weight excluding hydrogens is 294 g/mol. The van der Waals surface area contributed by atoms with Crippen molar-refractivity contribution in [3.05, 3.63) is 54.1 Å². The maximum absolute atomic E-state index is 12.3. The summed E-state index contributed by atoms with van der Waals surface area (Å²) in [4.78, 5) is 16.6. The van der Waals surface area contributed by atoms with Gasteiger partial charge in [0.25, 0.3) is 0 Å². The van der Waals surface area contributed by atoms with Gasteiger partial charge in [0.15, 0.2) is 11.2 Å². The summed E-state index contributed by atoms with van der Waals surface area (Å²) in [5.41, 5.74) is 2.52. The van der Waals surface area contributed by atoms with Crippen LogP contribution in [-0.2, 0) is 11.2 Å². The maximum atomic E-state index is 12.3. The molecule has 0 aliphatic heterocycles. The van der Waals surface area contributed by atoms with Gasteiger partial charge in [-0.25, -0.2) is 9.50 Å². The number of nitrogens with one attached hydrogen (secondary N) is 1. The molecule has 7 nitrogen and oxygen atoms in total. The van der Waals surface area contributed by atoms with Crippen LogP contribution < -0.4 is 5.32 Å². The number of para-hydroxylation sites is 1. The number of rotatable bonds is 3. The number of hydrogen-bond donors (Lipinski definition) is 1. The van der Waals surface area contributed by atoms with Crippen LogP contribution in [0.4, 0.5) is 5.69 Å². The molecule has 1 amide bonds. The van der Waals surface area contributed by atoms with Gasteiger partial charge in [0, 0.05) is 11.6 Å². The van der Waals surface area contributed by atoms with Crippen LogP contribution in [0.5, 0.6) is 0 Å². The Balaban J connectivity index is 1.60. The zero-order valence-corrected chi connectivity index (χ0v) is 12.4. The second-order valence-electron chi connectivity index (χ2n) is 5.20. The molecule has 3 aromatic heterocycles. The van der Waals surface area contributed by atoms with Crippen molar-refractivity contribution in [2.75, 3.05) is 5.32 Å². The number of aryl methyl sites for hydroxylation is 1. The first-order chi connectivity index (χ1) is 11.2. The van der Waals surface area contributed by atoms with Gasteiger partial charge in [-0.2, -0.15) is 5.10 Å². The number of carbonyl (C=O) groups is 1. The average molecular weight is 307 g/mol. The van der Waals surface area contributed by atoms with E-state index in [2.05, 4.69) is 20.6 Å². The predicted molar refractivity (Wildman–Crippen MR) is 84.1 cm³/mol. The molecule has 0 aliphatic rings. The highest BCUT2D eigenvalue weighted by Crippen LogP contribution is 2.19. The number of fused-ring (bicyclic) bond motifs is 2. The lowest BCUT2D eigenvalue weighted by molar-refractivity contribution is -0.115. The standard InChI is InChI=1S/C16H13N5O2/c1-10-17-16-12(6-4-8-21(16)19-10)18-15(22)9-13-11-5-2-3-7-14(11)23-20-13/h2-8H,9H2,1H3,(H,18,22). The van der Waals surface area contributed by atoms with Gasteiger partial charge in [0.05, 0.1) is 12.1 Å². The number of benzene rings is 1. The summed E-state index contributed by atoms with van der Waals surface area (Å²) in [6, 6.07) is 11.1. The summed E-state index contributed by atoms with van der Waals surface area (Å²) in [7, 11) is 0. The maximum Gasteiger partial charge on any atom is 0.230 e. The van der Waals surface area contributed by atoms with E-state index in [0.29, 0.717) is 28.4 Å². The van der Waals surface area contributed by atoms with Crippen molar-refractivity contribution < 1.29 is 9.32 Å². The Labute approximate surface area is 130 Å². The minimum Gasteiger partial charge on any atom is -0.356 e. The molecule has 23 heavy (non-hydrogen) atoms. The molecular formula is C16H13N5O2. The third-order valence-corrected chi connectivity index (χ3v) is 3.52. The van der Waals surface area contributed by atoms with Crippen LogP contribution in [0, 0.1) is 6.92 Å². The van der Waals surface area contributed by atoms with Crippen molar-refractivity contribution in [3.8, 4) is 0 Å². The summed E-state index contributed by atoms with van der Waals surface area (Å²) in [6.45, 7) is 1.81. The lowest BCUT2D eigenvalue weighted by Gasteiger charge is -2.04. The Kier molecular flexibility index (Phi) is 3.04. The summed E-state index contributed by atoms with van der Waals surface area (Å²) >= 11 is 0. The van der Waals surface area contributed by atoms with Gasteiger partial charge in [-0.15, -0.1) is 0 Å². The van der Waals surface area contributed by atoms with Crippen molar-refractivity contribution in [1.29, 1.82) is 0 Å². The lowest BCUT2D eigenvalue weighted by Crippen LogP contribution is -2.15. The Morgan fingerprint density at radius 3 is 3.04 bits per heavy atom. The molecule has 4 aromatic rings. The van der Waals surface area contributed by atoms with Crippen molar-refractivity contribution in [3.63, 3.8) is 0 Å². The number of pyridine rings is 1. The van der Waals surface area contributed by atoms with Gasteiger partial charge in [-0.3, -0.25) is 4.79 Å². The molecule has 0 fully saturated rings. The smallest absolute Gasteiger partial charge is 0.230 e. The fourth-order valence-electron chi connectivity index (χ4n) is 2.52. The van der Waals surface area contributed by atoms with Crippen molar-refractivity contribution in [1.82, 2.24) is 19.8 Å². The van der Waals surface area contributed by atoms with E-state index in [1.807, 2.05) is 30.3 Å². The van der Waals surface area contributed by atoms with Crippen LogP contribution >= 0.6 is 0 Å². The molecule has 0 unspecified atom stereocenters. The van der Waals surface area contributed by atoms with E-state index in [1.165, 1.54) is 0 Å². The highest BCUT2D eigenvalue weighted by atomic mass is 16.5. The molecule has 114 valence electrons. The SMILES string of the molecule is Cc1nc2c(NC(=O)Cc3noc4ccccc34)cccn2n1. The highest BCUT2D eigenvalue weighted by Gasteiger charge is 2.14. The lowest BCUT2D eigenvalue weighted by atomic mass is 10.1. The van der Waals surface area contributed by atoms with Crippen molar-refractivity contribution in [2.24, 2.45) is 0 Å². The summed E-state index contributed by atoms with van der Waals surface area (Å²) in [5, 5.41) is 11.9. The third kappa shape index (κ3) is 2.42. The fraction of sp³-hybridized carbons (Fsp3) is 0.125. The van der Waals surface area contributed by atoms with E-state index in [4.69, 9.17) is 4.52 Å². The van der Waals surface area contributed by atoms with E-state index in [0.717, 1.165) is 5.39 Å². The molecule has 0 atom stereocenters. The first-order valence-corrected chi connectivity index (χ1v) is 7.16. The molecule has 0 saturated heterocycles. The Hall–Kier alpha value is -3.22. The number of hydrogen-bond acceptors (Lipinski definition) is 5.